The Morgan fingerprint density at radius 2 is 1.93 bits per heavy atom. The highest BCUT2D eigenvalue weighted by Crippen LogP contribution is 2.08. The fourth-order valence-corrected chi connectivity index (χ4v) is 1.88. The zero-order chi connectivity index (χ0) is 9.80. The first-order valence-corrected chi connectivity index (χ1v) is 5.25. The molecule has 2 aromatic rings. The molecule has 2 heterocycles. The molecule has 2 aromatic heterocycles. The molecule has 0 aromatic carbocycles. The first-order chi connectivity index (χ1) is 6.86. The Balaban J connectivity index is 0.00000112. The molecule has 2 rings (SSSR count). The lowest BCUT2D eigenvalue weighted by Crippen LogP contribution is -3.00. The summed E-state index contributed by atoms with van der Waals surface area (Å²) in [6, 6.07) is 9.53. The third-order valence-corrected chi connectivity index (χ3v) is 2.81. The molecule has 15 heavy (non-hydrogen) atoms. The Bertz CT molecular complexity index is 413. The number of nitrogens with zero attached hydrogens (tertiary/aromatic N) is 1. The van der Waals surface area contributed by atoms with E-state index in [1.54, 1.807) is 0 Å². The lowest BCUT2D eigenvalue weighted by Gasteiger charge is -1.93. The van der Waals surface area contributed by atoms with Gasteiger partial charge < -0.3 is 17.0 Å². The molecular weight excluding hydrogens is 274 g/mol. The van der Waals surface area contributed by atoms with Gasteiger partial charge in [0.05, 0.1) is 4.88 Å². The minimum absolute atomic E-state index is 0. The van der Waals surface area contributed by atoms with Crippen molar-refractivity contribution >= 4 is 17.1 Å². The van der Waals surface area contributed by atoms with Crippen molar-refractivity contribution in [3.05, 3.63) is 53.0 Å². The van der Waals surface area contributed by atoms with Crippen LogP contribution < -0.4 is 21.5 Å². The number of aromatic nitrogens is 1. The van der Waals surface area contributed by atoms with E-state index in [0.717, 1.165) is 4.88 Å². The summed E-state index contributed by atoms with van der Waals surface area (Å²) in [6.07, 6.45) is 3.79. The molecular formula is C11H10BrNOS. The van der Waals surface area contributed by atoms with Crippen molar-refractivity contribution in [2.24, 2.45) is 0 Å². The highest BCUT2D eigenvalue weighted by molar-refractivity contribution is 7.12. The fraction of sp³-hybridized carbons (Fsp3) is 0.0909. The van der Waals surface area contributed by atoms with Crippen molar-refractivity contribution < 1.29 is 26.3 Å². The maximum Gasteiger partial charge on any atom is 0.237 e. The van der Waals surface area contributed by atoms with Gasteiger partial charge >= 0.3 is 0 Å². The predicted octanol–water partition coefficient (Wildman–Crippen LogP) is -1.08. The zero-order valence-corrected chi connectivity index (χ0v) is 10.4. The highest BCUT2D eigenvalue weighted by Gasteiger charge is 2.11. The van der Waals surface area contributed by atoms with Crippen LogP contribution in [0, 0.1) is 0 Å². The molecule has 0 fully saturated rings. The second kappa shape index (κ2) is 5.78. The number of thiophene rings is 1. The Labute approximate surface area is 103 Å². The van der Waals surface area contributed by atoms with Crippen molar-refractivity contribution in [2.75, 3.05) is 0 Å². The van der Waals surface area contributed by atoms with Crippen LogP contribution in [0.2, 0.25) is 0 Å². The van der Waals surface area contributed by atoms with Gasteiger partial charge in [-0.2, -0.15) is 4.57 Å². The minimum atomic E-state index is 0. The first kappa shape index (κ1) is 12.1. The van der Waals surface area contributed by atoms with E-state index < -0.39 is 0 Å². The van der Waals surface area contributed by atoms with Gasteiger partial charge in [-0.15, -0.1) is 11.3 Å². The topological polar surface area (TPSA) is 20.9 Å². The molecule has 0 N–H and O–H groups in total. The molecule has 0 bridgehead atoms. The number of pyridine rings is 1. The molecule has 4 heteroatoms. The number of ketones is 1. The van der Waals surface area contributed by atoms with Gasteiger partial charge in [-0.25, -0.2) is 0 Å². The van der Waals surface area contributed by atoms with Gasteiger partial charge in [-0.1, -0.05) is 12.1 Å². The number of hydrogen-bond donors (Lipinski definition) is 0. The molecule has 78 valence electrons. The molecule has 0 spiro atoms. The molecule has 0 unspecified atom stereocenters. The molecule has 0 saturated heterocycles. The van der Waals surface area contributed by atoms with Crippen LogP contribution in [0.4, 0.5) is 0 Å². The normalized spacial score (nSPS) is 9.33. The largest absolute Gasteiger partial charge is 1.00 e. The summed E-state index contributed by atoms with van der Waals surface area (Å²) in [5.74, 6) is 0.163. The third-order valence-electron chi connectivity index (χ3n) is 1.90. The van der Waals surface area contributed by atoms with Gasteiger partial charge in [0, 0.05) is 12.1 Å². The van der Waals surface area contributed by atoms with E-state index in [4.69, 9.17) is 0 Å². The second-order valence-electron chi connectivity index (χ2n) is 2.95. The van der Waals surface area contributed by atoms with E-state index in [-0.39, 0.29) is 22.8 Å². The number of carbonyl (C=O) groups excluding carboxylic acids is 1. The minimum Gasteiger partial charge on any atom is -1.00 e. The van der Waals surface area contributed by atoms with Crippen molar-refractivity contribution in [3.63, 3.8) is 0 Å². The highest BCUT2D eigenvalue weighted by atomic mass is 79.9. The molecule has 0 aliphatic carbocycles. The van der Waals surface area contributed by atoms with Crippen LogP contribution in [-0.2, 0) is 6.54 Å². The summed E-state index contributed by atoms with van der Waals surface area (Å²) < 4.78 is 1.88. The van der Waals surface area contributed by atoms with Crippen molar-refractivity contribution in [3.8, 4) is 0 Å². The van der Waals surface area contributed by atoms with E-state index in [9.17, 15) is 4.79 Å². The average molecular weight is 284 g/mol. The summed E-state index contributed by atoms with van der Waals surface area (Å²) in [7, 11) is 0. The molecule has 2 nitrogen and oxygen atoms in total. The fourth-order valence-electron chi connectivity index (χ4n) is 1.22. The van der Waals surface area contributed by atoms with E-state index in [1.807, 2.05) is 52.7 Å². The lowest BCUT2D eigenvalue weighted by molar-refractivity contribution is -0.683. The summed E-state index contributed by atoms with van der Waals surface area (Å²) in [5, 5.41) is 1.92. The monoisotopic (exact) mass is 283 g/mol. The second-order valence-corrected chi connectivity index (χ2v) is 3.90. The van der Waals surface area contributed by atoms with Gasteiger partial charge in [-0.3, -0.25) is 4.79 Å². The molecule has 0 amide bonds. The zero-order valence-electron chi connectivity index (χ0n) is 7.97. The smallest absolute Gasteiger partial charge is 0.237 e. The molecule has 0 aliphatic rings. The SMILES string of the molecule is O=C(C[n+]1ccccc1)c1cccs1.[Br-]. The van der Waals surface area contributed by atoms with Gasteiger partial charge in [0.2, 0.25) is 12.3 Å². The number of hydrogen-bond acceptors (Lipinski definition) is 2. The Kier molecular flexibility index (Phi) is 4.65. The number of Topliss-reactive ketones (excluding diaryl/α,β-unsaturated/α-hetero) is 1. The van der Waals surface area contributed by atoms with Crippen molar-refractivity contribution in [2.45, 2.75) is 6.54 Å². The predicted molar refractivity (Wildman–Crippen MR) is 55.3 cm³/mol. The third kappa shape index (κ3) is 3.25. The summed E-state index contributed by atoms with van der Waals surface area (Å²) in [6.45, 7) is 0.418. The molecule has 0 aliphatic heterocycles. The van der Waals surface area contributed by atoms with Crippen LogP contribution >= 0.6 is 11.3 Å². The molecule has 0 radical (unpaired) electrons. The van der Waals surface area contributed by atoms with Gasteiger partial charge in [-0.05, 0) is 11.4 Å². The number of halogens is 1. The van der Waals surface area contributed by atoms with Gasteiger partial charge in [0.15, 0.2) is 12.4 Å². The van der Waals surface area contributed by atoms with Gasteiger partial charge in [0.1, 0.15) is 0 Å². The van der Waals surface area contributed by atoms with Crippen LogP contribution in [0.15, 0.2) is 48.1 Å². The van der Waals surface area contributed by atoms with Crippen LogP contribution in [0.1, 0.15) is 9.67 Å². The van der Waals surface area contributed by atoms with Crippen LogP contribution in [0.25, 0.3) is 0 Å². The molecule has 0 atom stereocenters. The average Bonchev–Trinajstić information content (AvgIpc) is 2.72. The summed E-state index contributed by atoms with van der Waals surface area (Å²) in [5.41, 5.74) is 0. The van der Waals surface area contributed by atoms with E-state index in [2.05, 4.69) is 0 Å². The van der Waals surface area contributed by atoms with E-state index in [0.29, 0.717) is 6.54 Å². The maximum atomic E-state index is 11.7. The number of rotatable bonds is 3. The Morgan fingerprint density at radius 3 is 2.53 bits per heavy atom. The van der Waals surface area contributed by atoms with Crippen molar-refractivity contribution in [1.82, 2.24) is 0 Å². The quantitative estimate of drug-likeness (QED) is 0.519. The number of carbonyl (C=O) groups is 1. The van der Waals surface area contributed by atoms with E-state index in [1.165, 1.54) is 11.3 Å². The Hall–Kier alpha value is -1.000. The summed E-state index contributed by atoms with van der Waals surface area (Å²) in [4.78, 5) is 12.5. The standard InChI is InChI=1S/C11H10NOS.BrH/c13-10(11-5-4-8-14-11)9-12-6-2-1-3-7-12;/h1-8H,9H2;1H/q+1;/p-1. The molecule has 0 saturated carbocycles. The van der Waals surface area contributed by atoms with Crippen LogP contribution in [0.3, 0.4) is 0 Å². The van der Waals surface area contributed by atoms with Gasteiger partial charge in [0.25, 0.3) is 0 Å². The lowest BCUT2D eigenvalue weighted by atomic mass is 10.3. The van der Waals surface area contributed by atoms with Crippen LogP contribution in [-0.4, -0.2) is 5.78 Å². The summed E-state index contributed by atoms with van der Waals surface area (Å²) >= 11 is 1.49. The van der Waals surface area contributed by atoms with E-state index >= 15 is 0 Å². The Morgan fingerprint density at radius 1 is 1.20 bits per heavy atom. The van der Waals surface area contributed by atoms with Crippen molar-refractivity contribution in [1.29, 1.82) is 0 Å². The maximum absolute atomic E-state index is 11.7. The first-order valence-electron chi connectivity index (χ1n) is 4.37. The van der Waals surface area contributed by atoms with Crippen LogP contribution in [0.5, 0.6) is 0 Å².